The summed E-state index contributed by atoms with van der Waals surface area (Å²) in [5, 5.41) is 0. The van der Waals surface area contributed by atoms with E-state index in [1.54, 1.807) is 18.2 Å². The zero-order valence-electron chi connectivity index (χ0n) is 17.7. The third kappa shape index (κ3) is 4.71. The number of piperidine rings is 1. The van der Waals surface area contributed by atoms with Crippen molar-refractivity contribution in [1.82, 2.24) is 9.88 Å². The number of fused-ring (bicyclic) bond motifs is 1. The molecule has 0 saturated carbocycles. The smallest absolute Gasteiger partial charge is 0.259 e. The number of likely N-dealkylation sites (tertiary alicyclic amines) is 1. The fraction of sp³-hybridized carbons (Fsp3) is 0.409. The molecule has 0 aliphatic carbocycles. The number of ether oxygens (including phenoxy) is 1. The minimum Gasteiger partial charge on any atom is -0.492 e. The molecule has 2 aliphatic heterocycles. The molecule has 0 bridgehead atoms. The van der Waals surface area contributed by atoms with Gasteiger partial charge in [-0.25, -0.2) is 8.42 Å². The van der Waals surface area contributed by atoms with E-state index in [-0.39, 0.29) is 23.4 Å². The van der Waals surface area contributed by atoms with Crippen molar-refractivity contribution in [2.24, 2.45) is 16.0 Å². The van der Waals surface area contributed by atoms with Crippen molar-refractivity contribution in [3.05, 3.63) is 58.4 Å². The van der Waals surface area contributed by atoms with Crippen LogP contribution < -0.4 is 10.5 Å². The number of nitrogens with two attached hydrogens (primary N) is 1. The second-order valence-corrected chi connectivity index (χ2v) is 9.84. The number of nitrogens with zero attached hydrogens (tertiary/aromatic N) is 3. The summed E-state index contributed by atoms with van der Waals surface area (Å²) < 4.78 is 33.4. The number of carbonyl (C=O) groups excluding carboxylic acids is 1. The Balaban J connectivity index is 1.45. The van der Waals surface area contributed by atoms with Gasteiger partial charge in [0.25, 0.3) is 15.9 Å². The van der Waals surface area contributed by atoms with Crippen LogP contribution in [0.1, 0.15) is 45.7 Å². The molecule has 1 saturated heterocycles. The number of amidine groups is 1. The molecule has 3 heterocycles. The van der Waals surface area contributed by atoms with Gasteiger partial charge in [-0.1, -0.05) is 12.1 Å². The van der Waals surface area contributed by atoms with Gasteiger partial charge in [0.15, 0.2) is 0 Å². The van der Waals surface area contributed by atoms with Crippen LogP contribution in [0, 0.1) is 19.8 Å². The van der Waals surface area contributed by atoms with Gasteiger partial charge in [0.05, 0.1) is 17.9 Å². The number of pyridine rings is 1. The summed E-state index contributed by atoms with van der Waals surface area (Å²) in [6, 6.07) is 8.89. The van der Waals surface area contributed by atoms with Crippen molar-refractivity contribution >= 4 is 21.8 Å². The summed E-state index contributed by atoms with van der Waals surface area (Å²) in [4.78, 5) is 19.2. The molecule has 1 aromatic heterocycles. The summed E-state index contributed by atoms with van der Waals surface area (Å²) in [5.74, 6) is 0.481. The Morgan fingerprint density at radius 2 is 2.00 bits per heavy atom. The maximum absolute atomic E-state index is 13.0. The molecule has 31 heavy (non-hydrogen) atoms. The van der Waals surface area contributed by atoms with E-state index in [9.17, 15) is 13.2 Å². The van der Waals surface area contributed by atoms with E-state index >= 15 is 0 Å². The molecule has 0 unspecified atom stereocenters. The highest BCUT2D eigenvalue weighted by Crippen LogP contribution is 2.29. The molecule has 2 aliphatic rings. The van der Waals surface area contributed by atoms with Gasteiger partial charge in [0, 0.05) is 36.0 Å². The van der Waals surface area contributed by atoms with Crippen molar-refractivity contribution in [2.45, 2.75) is 32.4 Å². The van der Waals surface area contributed by atoms with Crippen molar-refractivity contribution in [3.8, 4) is 5.75 Å². The normalized spacial score (nSPS) is 20.0. The van der Waals surface area contributed by atoms with Gasteiger partial charge < -0.3 is 15.4 Å². The van der Waals surface area contributed by atoms with Crippen LogP contribution in [-0.2, 0) is 15.8 Å². The molecule has 164 valence electrons. The first-order valence-corrected chi connectivity index (χ1v) is 11.9. The summed E-state index contributed by atoms with van der Waals surface area (Å²) >= 11 is 0. The molecule has 0 spiro atoms. The molecular weight excluding hydrogens is 416 g/mol. The molecule has 1 amide bonds. The number of hydrogen-bond donors (Lipinski definition) is 1. The number of sulfonamides is 1. The monoisotopic (exact) mass is 442 g/mol. The second kappa shape index (κ2) is 8.30. The Hall–Kier alpha value is -2.94. The SMILES string of the molecule is Cc1cc(C(=O)N2CCC[C@H](COc3cccc4c3C(N)=NS(=O)(=O)C4)C2)cc(C)n1. The molecule has 0 radical (unpaired) electrons. The van der Waals surface area contributed by atoms with E-state index in [4.69, 9.17) is 10.5 Å². The zero-order chi connectivity index (χ0) is 22.2. The maximum Gasteiger partial charge on any atom is 0.259 e. The summed E-state index contributed by atoms with van der Waals surface area (Å²) in [7, 11) is -3.59. The van der Waals surface area contributed by atoms with Gasteiger partial charge in [-0.3, -0.25) is 9.78 Å². The molecule has 9 heteroatoms. The lowest BCUT2D eigenvalue weighted by Gasteiger charge is -2.33. The predicted octanol–water partition coefficient (Wildman–Crippen LogP) is 2.18. The largest absolute Gasteiger partial charge is 0.492 e. The first-order chi connectivity index (χ1) is 14.7. The van der Waals surface area contributed by atoms with Crippen LogP contribution in [-0.4, -0.2) is 49.7 Å². The highest BCUT2D eigenvalue weighted by molar-refractivity contribution is 7.89. The molecular formula is C22H26N4O4S. The van der Waals surface area contributed by atoms with Gasteiger partial charge in [-0.2, -0.15) is 0 Å². The van der Waals surface area contributed by atoms with Crippen LogP contribution in [0.25, 0.3) is 0 Å². The van der Waals surface area contributed by atoms with Crippen LogP contribution in [0.3, 0.4) is 0 Å². The Morgan fingerprint density at radius 1 is 1.26 bits per heavy atom. The van der Waals surface area contributed by atoms with Crippen LogP contribution in [0.5, 0.6) is 5.75 Å². The lowest BCUT2D eigenvalue weighted by Crippen LogP contribution is -2.41. The number of benzene rings is 1. The molecule has 1 aromatic carbocycles. The first-order valence-electron chi connectivity index (χ1n) is 10.3. The lowest BCUT2D eigenvalue weighted by atomic mass is 9.98. The molecule has 8 nitrogen and oxygen atoms in total. The minimum atomic E-state index is -3.59. The molecule has 1 fully saturated rings. The number of carbonyl (C=O) groups is 1. The van der Waals surface area contributed by atoms with Crippen molar-refractivity contribution in [3.63, 3.8) is 0 Å². The number of rotatable bonds is 4. The second-order valence-electron chi connectivity index (χ2n) is 8.20. The third-order valence-corrected chi connectivity index (χ3v) is 6.70. The maximum atomic E-state index is 13.0. The minimum absolute atomic E-state index is 0.0111. The van der Waals surface area contributed by atoms with E-state index in [1.807, 2.05) is 30.9 Å². The van der Waals surface area contributed by atoms with Gasteiger partial charge >= 0.3 is 0 Å². The van der Waals surface area contributed by atoms with Crippen LogP contribution >= 0.6 is 0 Å². The van der Waals surface area contributed by atoms with Crippen molar-refractivity contribution in [1.29, 1.82) is 0 Å². The van der Waals surface area contributed by atoms with Crippen molar-refractivity contribution < 1.29 is 17.9 Å². The van der Waals surface area contributed by atoms with Gasteiger partial charge in [0.1, 0.15) is 11.6 Å². The summed E-state index contributed by atoms with van der Waals surface area (Å²) in [6.07, 6.45) is 1.85. The number of amides is 1. The van der Waals surface area contributed by atoms with Crippen LogP contribution in [0.4, 0.5) is 0 Å². The topological polar surface area (TPSA) is 115 Å². The fourth-order valence-electron chi connectivity index (χ4n) is 4.27. The quantitative estimate of drug-likeness (QED) is 0.776. The van der Waals surface area contributed by atoms with E-state index < -0.39 is 10.0 Å². The summed E-state index contributed by atoms with van der Waals surface area (Å²) in [5.41, 5.74) is 9.37. The Bertz CT molecular complexity index is 1140. The van der Waals surface area contributed by atoms with Crippen LogP contribution in [0.15, 0.2) is 34.7 Å². The third-order valence-electron chi connectivity index (χ3n) is 5.55. The Morgan fingerprint density at radius 3 is 2.74 bits per heavy atom. The van der Waals surface area contributed by atoms with Crippen LogP contribution in [0.2, 0.25) is 0 Å². The predicted molar refractivity (Wildman–Crippen MR) is 118 cm³/mol. The van der Waals surface area contributed by atoms with E-state index in [2.05, 4.69) is 9.38 Å². The average Bonchev–Trinajstić information content (AvgIpc) is 2.70. The Labute approximate surface area is 182 Å². The van der Waals surface area contributed by atoms with Gasteiger partial charge in [-0.15, -0.1) is 4.40 Å². The molecule has 1 atom stereocenters. The van der Waals surface area contributed by atoms with Gasteiger partial charge in [-0.05, 0) is 50.5 Å². The highest BCUT2D eigenvalue weighted by atomic mass is 32.2. The lowest BCUT2D eigenvalue weighted by molar-refractivity contribution is 0.0633. The zero-order valence-corrected chi connectivity index (χ0v) is 18.5. The highest BCUT2D eigenvalue weighted by Gasteiger charge is 2.28. The average molecular weight is 443 g/mol. The number of hydrogen-bond acceptors (Lipinski definition) is 6. The molecule has 2 aromatic rings. The summed E-state index contributed by atoms with van der Waals surface area (Å²) in [6.45, 7) is 5.50. The molecule has 4 rings (SSSR count). The Kier molecular flexibility index (Phi) is 5.70. The van der Waals surface area contributed by atoms with E-state index in [1.165, 1.54) is 0 Å². The number of aromatic nitrogens is 1. The number of aryl methyl sites for hydroxylation is 2. The van der Waals surface area contributed by atoms with E-state index in [0.717, 1.165) is 24.2 Å². The van der Waals surface area contributed by atoms with Crippen molar-refractivity contribution in [2.75, 3.05) is 19.7 Å². The fourth-order valence-corrected chi connectivity index (χ4v) is 5.35. The van der Waals surface area contributed by atoms with Gasteiger partial charge in [0.2, 0.25) is 0 Å². The molecule has 2 N–H and O–H groups in total. The first kappa shape index (κ1) is 21.3. The van der Waals surface area contributed by atoms with E-state index in [0.29, 0.717) is 42.1 Å². The standard InChI is InChI=1S/C22H26N4O4S/c1-14-9-18(10-15(2)24-14)22(27)26-8-4-5-16(11-26)12-30-19-7-3-6-17-13-31(28,29)25-21(23)20(17)19/h3,6-7,9-10,16H,4-5,8,11-13H2,1-2H3,(H2,23,25)/t16-/m0/s1.